The van der Waals surface area contributed by atoms with Crippen molar-refractivity contribution in [3.05, 3.63) is 0 Å². The third kappa shape index (κ3) is 6.76. The highest BCUT2D eigenvalue weighted by molar-refractivity contribution is 5.79. The molecule has 0 amide bonds. The molecule has 0 saturated carbocycles. The average molecular weight is 186 g/mol. The van der Waals surface area contributed by atoms with E-state index < -0.39 is 0 Å². The van der Waals surface area contributed by atoms with Gasteiger partial charge in [-0.15, -0.1) is 0 Å². The molecule has 0 aliphatic carbocycles. The molecule has 0 aliphatic rings. The highest BCUT2D eigenvalue weighted by Gasteiger charge is 2.18. The summed E-state index contributed by atoms with van der Waals surface area (Å²) in [6.45, 7) is 6.07. The molecule has 0 atom stereocenters. The molecule has 0 aromatic carbocycles. The largest absolute Gasteiger partial charge is 0.322 e. The minimum atomic E-state index is 0.406. The molecule has 0 N–H and O–H groups in total. The van der Waals surface area contributed by atoms with Crippen molar-refractivity contribution in [2.45, 2.75) is 39.5 Å². The van der Waals surface area contributed by atoms with Crippen molar-refractivity contribution < 1.29 is 9.28 Å². The second-order valence-corrected chi connectivity index (χ2v) is 4.46. The van der Waals surface area contributed by atoms with Gasteiger partial charge in [-0.3, -0.25) is 4.79 Å². The Morgan fingerprint density at radius 3 is 2.23 bits per heavy atom. The first-order valence-electron chi connectivity index (χ1n) is 5.35. The fourth-order valence-electron chi connectivity index (χ4n) is 1.50. The van der Waals surface area contributed by atoms with Gasteiger partial charge >= 0.3 is 0 Å². The Morgan fingerprint density at radius 2 is 1.77 bits per heavy atom. The van der Waals surface area contributed by atoms with E-state index in [1.165, 1.54) is 12.8 Å². The fraction of sp³-hybridized carbons (Fsp3) is 0.909. The summed E-state index contributed by atoms with van der Waals surface area (Å²) in [7, 11) is 4.28. The Hall–Kier alpha value is -0.370. The van der Waals surface area contributed by atoms with E-state index in [-0.39, 0.29) is 0 Å². The van der Waals surface area contributed by atoms with Crippen molar-refractivity contribution in [1.29, 1.82) is 0 Å². The number of Topliss-reactive ketones (excluding diaryl/α,β-unsaturated/α-hetero) is 1. The first-order chi connectivity index (χ1) is 6.02. The molecule has 0 saturated heterocycles. The van der Waals surface area contributed by atoms with Crippen LogP contribution >= 0.6 is 0 Å². The number of quaternary nitrogens is 1. The standard InChI is InChI=1S/C11H24NO/c1-5-7-9-12(3,4)10-11(13)8-6-2/h5-10H2,1-4H3/q+1. The van der Waals surface area contributed by atoms with Crippen LogP contribution in [0.2, 0.25) is 0 Å². The van der Waals surface area contributed by atoms with Gasteiger partial charge in [-0.25, -0.2) is 0 Å². The van der Waals surface area contributed by atoms with Crippen molar-refractivity contribution >= 4 is 5.78 Å². The Morgan fingerprint density at radius 1 is 1.15 bits per heavy atom. The molecule has 0 heterocycles. The maximum atomic E-state index is 11.4. The summed E-state index contributed by atoms with van der Waals surface area (Å²) >= 11 is 0. The lowest BCUT2D eigenvalue weighted by Crippen LogP contribution is -2.44. The first kappa shape index (κ1) is 12.6. The Bertz CT molecular complexity index is 152. The van der Waals surface area contributed by atoms with Crippen LogP contribution in [0.25, 0.3) is 0 Å². The molecule has 0 fully saturated rings. The Labute approximate surface area is 82.5 Å². The zero-order valence-corrected chi connectivity index (χ0v) is 9.60. The molecular formula is C11H24NO+. The van der Waals surface area contributed by atoms with Crippen molar-refractivity contribution in [1.82, 2.24) is 0 Å². The van der Waals surface area contributed by atoms with Gasteiger partial charge in [0.05, 0.1) is 20.6 Å². The van der Waals surface area contributed by atoms with E-state index in [9.17, 15) is 4.79 Å². The molecule has 13 heavy (non-hydrogen) atoms. The van der Waals surface area contributed by atoms with Crippen LogP contribution in [0.15, 0.2) is 0 Å². The quantitative estimate of drug-likeness (QED) is 0.557. The number of ketones is 1. The minimum Gasteiger partial charge on any atom is -0.322 e. The van der Waals surface area contributed by atoms with Crippen LogP contribution in [-0.2, 0) is 4.79 Å². The summed E-state index contributed by atoms with van der Waals surface area (Å²) in [4.78, 5) is 11.4. The predicted octanol–water partition coefficient (Wildman–Crippen LogP) is 2.23. The molecule has 78 valence electrons. The van der Waals surface area contributed by atoms with Crippen molar-refractivity contribution in [2.24, 2.45) is 0 Å². The Balaban J connectivity index is 3.79. The second kappa shape index (κ2) is 6.14. The van der Waals surface area contributed by atoms with E-state index in [4.69, 9.17) is 0 Å². The smallest absolute Gasteiger partial charge is 0.186 e. The van der Waals surface area contributed by atoms with Crippen molar-refractivity contribution in [2.75, 3.05) is 27.2 Å². The minimum absolute atomic E-state index is 0.406. The number of likely N-dealkylation sites (N-methyl/N-ethyl adjacent to an activating group) is 1. The van der Waals surface area contributed by atoms with Gasteiger partial charge in [0.25, 0.3) is 0 Å². The van der Waals surface area contributed by atoms with Crippen LogP contribution in [0, 0.1) is 0 Å². The van der Waals surface area contributed by atoms with Gasteiger partial charge in [0.2, 0.25) is 0 Å². The number of unbranched alkanes of at least 4 members (excludes halogenated alkanes) is 1. The van der Waals surface area contributed by atoms with Gasteiger partial charge < -0.3 is 4.48 Å². The van der Waals surface area contributed by atoms with E-state index in [0.29, 0.717) is 12.3 Å². The summed E-state index contributed by atoms with van der Waals surface area (Å²) in [5.74, 6) is 0.406. The molecule has 0 radical (unpaired) electrons. The van der Waals surface area contributed by atoms with E-state index in [0.717, 1.165) is 23.9 Å². The van der Waals surface area contributed by atoms with Crippen LogP contribution in [0.3, 0.4) is 0 Å². The van der Waals surface area contributed by atoms with Crippen LogP contribution in [-0.4, -0.2) is 37.5 Å². The van der Waals surface area contributed by atoms with Crippen LogP contribution in [0.4, 0.5) is 0 Å². The van der Waals surface area contributed by atoms with Gasteiger partial charge in [0, 0.05) is 6.42 Å². The highest BCUT2D eigenvalue weighted by atomic mass is 16.1. The SMILES string of the molecule is CCCC[N+](C)(C)CC(=O)CCC. The number of carbonyl (C=O) groups is 1. The predicted molar refractivity (Wildman–Crippen MR) is 56.7 cm³/mol. The average Bonchev–Trinajstić information content (AvgIpc) is 2.00. The number of rotatable bonds is 7. The van der Waals surface area contributed by atoms with Gasteiger partial charge in [0.1, 0.15) is 6.54 Å². The number of hydrogen-bond donors (Lipinski definition) is 0. The Kier molecular flexibility index (Phi) is 5.97. The molecule has 0 aromatic heterocycles. The molecule has 0 spiro atoms. The lowest BCUT2D eigenvalue weighted by molar-refractivity contribution is -0.882. The van der Waals surface area contributed by atoms with E-state index in [1.807, 2.05) is 0 Å². The van der Waals surface area contributed by atoms with E-state index in [2.05, 4.69) is 27.9 Å². The van der Waals surface area contributed by atoms with Crippen LogP contribution < -0.4 is 0 Å². The number of carbonyl (C=O) groups excluding carboxylic acids is 1. The number of nitrogens with zero attached hydrogens (tertiary/aromatic N) is 1. The molecule has 0 rings (SSSR count). The summed E-state index contributed by atoms with van der Waals surface area (Å²) in [6.07, 6.45) is 4.15. The zero-order valence-electron chi connectivity index (χ0n) is 9.60. The van der Waals surface area contributed by atoms with Crippen LogP contribution in [0.1, 0.15) is 39.5 Å². The lowest BCUT2D eigenvalue weighted by atomic mass is 10.2. The monoisotopic (exact) mass is 186 g/mol. The molecule has 2 heteroatoms. The third-order valence-electron chi connectivity index (χ3n) is 2.25. The maximum Gasteiger partial charge on any atom is 0.186 e. The van der Waals surface area contributed by atoms with E-state index >= 15 is 0 Å². The fourth-order valence-corrected chi connectivity index (χ4v) is 1.50. The van der Waals surface area contributed by atoms with Gasteiger partial charge in [-0.2, -0.15) is 0 Å². The molecule has 0 aromatic rings. The molecule has 0 aliphatic heterocycles. The first-order valence-corrected chi connectivity index (χ1v) is 5.35. The molecular weight excluding hydrogens is 162 g/mol. The third-order valence-corrected chi connectivity index (χ3v) is 2.25. The molecule has 0 unspecified atom stereocenters. The van der Waals surface area contributed by atoms with Crippen molar-refractivity contribution in [3.8, 4) is 0 Å². The lowest BCUT2D eigenvalue weighted by Gasteiger charge is -2.28. The molecule has 2 nitrogen and oxygen atoms in total. The summed E-state index contributed by atoms with van der Waals surface area (Å²) < 4.78 is 0.854. The van der Waals surface area contributed by atoms with Gasteiger partial charge in [-0.05, 0) is 12.8 Å². The number of hydrogen-bond acceptors (Lipinski definition) is 1. The normalized spacial score (nSPS) is 11.7. The van der Waals surface area contributed by atoms with Gasteiger partial charge in [0.15, 0.2) is 5.78 Å². The summed E-state index contributed by atoms with van der Waals surface area (Å²) in [5, 5.41) is 0. The van der Waals surface area contributed by atoms with Crippen LogP contribution in [0.5, 0.6) is 0 Å². The summed E-state index contributed by atoms with van der Waals surface area (Å²) in [6, 6.07) is 0. The summed E-state index contributed by atoms with van der Waals surface area (Å²) in [5.41, 5.74) is 0. The molecule has 0 bridgehead atoms. The topological polar surface area (TPSA) is 17.1 Å². The van der Waals surface area contributed by atoms with Gasteiger partial charge in [-0.1, -0.05) is 20.3 Å². The second-order valence-electron chi connectivity index (χ2n) is 4.46. The van der Waals surface area contributed by atoms with E-state index in [1.54, 1.807) is 0 Å². The zero-order chi connectivity index (χ0) is 10.3. The van der Waals surface area contributed by atoms with Crippen molar-refractivity contribution in [3.63, 3.8) is 0 Å². The maximum absolute atomic E-state index is 11.4. The highest BCUT2D eigenvalue weighted by Crippen LogP contribution is 2.03.